The minimum atomic E-state index is -3.23. The average molecular weight is 328 g/mol. The molecule has 0 atom stereocenters. The number of hydrogen-bond acceptors (Lipinski definition) is 4. The molecular formula is C17H16N2O3S. The van der Waals surface area contributed by atoms with Gasteiger partial charge in [0.2, 0.25) is 0 Å². The van der Waals surface area contributed by atoms with Crippen molar-refractivity contribution in [3.63, 3.8) is 0 Å². The Bertz CT molecular complexity index is 1000. The number of nitrogens with one attached hydrogen (secondary N) is 1. The zero-order chi connectivity index (χ0) is 16.6. The van der Waals surface area contributed by atoms with Crippen LogP contribution in [0.2, 0.25) is 0 Å². The lowest BCUT2D eigenvalue weighted by Gasteiger charge is -2.03. The molecule has 3 rings (SSSR count). The van der Waals surface area contributed by atoms with Gasteiger partial charge in [0.1, 0.15) is 0 Å². The van der Waals surface area contributed by atoms with E-state index < -0.39 is 9.84 Å². The zero-order valence-corrected chi connectivity index (χ0v) is 13.6. The maximum Gasteiger partial charge on any atom is 0.175 e. The highest BCUT2D eigenvalue weighted by Gasteiger charge is 2.13. The number of H-pyrrole nitrogens is 1. The van der Waals surface area contributed by atoms with Gasteiger partial charge in [0.25, 0.3) is 0 Å². The largest absolute Gasteiger partial charge is 0.411 e. The second-order valence-corrected chi connectivity index (χ2v) is 7.52. The van der Waals surface area contributed by atoms with Crippen molar-refractivity contribution in [3.8, 4) is 11.3 Å². The molecule has 5 nitrogen and oxygen atoms in total. The third-order valence-corrected chi connectivity index (χ3v) is 4.88. The zero-order valence-electron chi connectivity index (χ0n) is 12.7. The first kappa shape index (κ1) is 15.3. The first-order chi connectivity index (χ1) is 10.9. The van der Waals surface area contributed by atoms with Crippen molar-refractivity contribution in [1.82, 2.24) is 4.98 Å². The van der Waals surface area contributed by atoms with Gasteiger partial charge in [-0.05, 0) is 36.8 Å². The highest BCUT2D eigenvalue weighted by Crippen LogP contribution is 2.30. The van der Waals surface area contributed by atoms with Gasteiger partial charge in [0.05, 0.1) is 16.8 Å². The fourth-order valence-corrected chi connectivity index (χ4v) is 3.25. The van der Waals surface area contributed by atoms with E-state index >= 15 is 0 Å². The monoisotopic (exact) mass is 328 g/mol. The molecule has 0 fully saturated rings. The smallest absolute Gasteiger partial charge is 0.175 e. The van der Waals surface area contributed by atoms with Gasteiger partial charge in [-0.2, -0.15) is 0 Å². The van der Waals surface area contributed by atoms with Crippen molar-refractivity contribution < 1.29 is 13.6 Å². The summed E-state index contributed by atoms with van der Waals surface area (Å²) in [4.78, 5) is 3.57. The van der Waals surface area contributed by atoms with Crippen LogP contribution < -0.4 is 0 Å². The number of fused-ring (bicyclic) bond motifs is 1. The van der Waals surface area contributed by atoms with Crippen LogP contribution in [-0.2, 0) is 9.84 Å². The maximum atomic E-state index is 11.6. The lowest BCUT2D eigenvalue weighted by molar-refractivity contribution is 0.322. The standard InChI is InChI=1S/C17H16N2O3S/c1-11-3-8-16-14(9-11)15(10-18-20)17(19-16)12-4-6-13(7-5-12)23(2,21)22/h3-10,19-20H,1-2H3/b18-10+. The van der Waals surface area contributed by atoms with Crippen LogP contribution in [0.3, 0.4) is 0 Å². The molecule has 2 aromatic carbocycles. The number of aromatic nitrogens is 1. The van der Waals surface area contributed by atoms with E-state index in [0.717, 1.165) is 33.3 Å². The minimum Gasteiger partial charge on any atom is -0.411 e. The van der Waals surface area contributed by atoms with Crippen LogP contribution in [0.4, 0.5) is 0 Å². The highest BCUT2D eigenvalue weighted by molar-refractivity contribution is 7.90. The summed E-state index contributed by atoms with van der Waals surface area (Å²) in [6, 6.07) is 12.6. The molecule has 0 amide bonds. The van der Waals surface area contributed by atoms with E-state index in [9.17, 15) is 8.42 Å². The Morgan fingerprint density at radius 3 is 2.43 bits per heavy atom. The number of aryl methyl sites for hydroxylation is 1. The molecule has 0 saturated heterocycles. The van der Waals surface area contributed by atoms with Crippen molar-refractivity contribution in [2.45, 2.75) is 11.8 Å². The molecule has 0 saturated carbocycles. The summed E-state index contributed by atoms with van der Waals surface area (Å²) in [5.41, 5.74) is 4.39. The summed E-state index contributed by atoms with van der Waals surface area (Å²) < 4.78 is 23.1. The third kappa shape index (κ3) is 2.85. The Morgan fingerprint density at radius 1 is 1.13 bits per heavy atom. The molecule has 0 bridgehead atoms. The van der Waals surface area contributed by atoms with E-state index in [1.54, 1.807) is 24.3 Å². The maximum absolute atomic E-state index is 11.6. The average Bonchev–Trinajstić information content (AvgIpc) is 2.85. The molecule has 0 aliphatic heterocycles. The number of sulfone groups is 1. The number of benzene rings is 2. The minimum absolute atomic E-state index is 0.269. The molecule has 23 heavy (non-hydrogen) atoms. The van der Waals surface area contributed by atoms with Crippen LogP contribution in [0.25, 0.3) is 22.2 Å². The lowest BCUT2D eigenvalue weighted by atomic mass is 10.1. The molecule has 0 aliphatic carbocycles. The molecule has 6 heteroatoms. The van der Waals surface area contributed by atoms with E-state index in [1.165, 1.54) is 12.5 Å². The molecule has 118 valence electrons. The summed E-state index contributed by atoms with van der Waals surface area (Å²) in [5.74, 6) is 0. The second-order valence-electron chi connectivity index (χ2n) is 5.50. The van der Waals surface area contributed by atoms with Crippen molar-refractivity contribution >= 4 is 27.0 Å². The molecule has 0 radical (unpaired) electrons. The Hall–Kier alpha value is -2.60. The van der Waals surface area contributed by atoms with Crippen LogP contribution in [0.1, 0.15) is 11.1 Å². The highest BCUT2D eigenvalue weighted by atomic mass is 32.2. The van der Waals surface area contributed by atoms with Crippen LogP contribution in [0.15, 0.2) is 52.5 Å². The van der Waals surface area contributed by atoms with E-state index in [0.29, 0.717) is 0 Å². The molecule has 2 N–H and O–H groups in total. The van der Waals surface area contributed by atoms with E-state index in [4.69, 9.17) is 5.21 Å². The van der Waals surface area contributed by atoms with E-state index in [2.05, 4.69) is 10.1 Å². The Kier molecular flexibility index (Phi) is 3.69. The molecule has 3 aromatic rings. The van der Waals surface area contributed by atoms with Crippen molar-refractivity contribution in [2.24, 2.45) is 5.16 Å². The number of rotatable bonds is 3. The van der Waals surface area contributed by atoms with Gasteiger partial charge < -0.3 is 10.2 Å². The van der Waals surface area contributed by atoms with Crippen LogP contribution in [0, 0.1) is 6.92 Å². The second kappa shape index (κ2) is 5.55. The van der Waals surface area contributed by atoms with Gasteiger partial charge in [0.15, 0.2) is 9.84 Å². The molecule has 1 aromatic heterocycles. The van der Waals surface area contributed by atoms with E-state index in [1.807, 2.05) is 25.1 Å². The fourth-order valence-electron chi connectivity index (χ4n) is 2.61. The molecule has 0 aliphatic rings. The number of aromatic amines is 1. The van der Waals surface area contributed by atoms with E-state index in [-0.39, 0.29) is 4.90 Å². The van der Waals surface area contributed by atoms with Gasteiger partial charge in [-0.25, -0.2) is 8.42 Å². The summed E-state index contributed by atoms with van der Waals surface area (Å²) >= 11 is 0. The van der Waals surface area contributed by atoms with Crippen molar-refractivity contribution in [2.75, 3.05) is 6.26 Å². The first-order valence-corrected chi connectivity index (χ1v) is 8.89. The first-order valence-electron chi connectivity index (χ1n) is 7.00. The molecule has 0 unspecified atom stereocenters. The topological polar surface area (TPSA) is 82.5 Å². The molecule has 1 heterocycles. The summed E-state index contributed by atoms with van der Waals surface area (Å²) in [6.45, 7) is 1.99. The Labute approximate surface area is 134 Å². The Balaban J connectivity index is 2.21. The third-order valence-electron chi connectivity index (χ3n) is 3.75. The van der Waals surface area contributed by atoms with Gasteiger partial charge in [0, 0.05) is 22.7 Å². The SMILES string of the molecule is Cc1ccc2[nH]c(-c3ccc(S(C)(=O)=O)cc3)c(/C=N/O)c2c1. The Morgan fingerprint density at radius 2 is 1.83 bits per heavy atom. The number of hydrogen-bond donors (Lipinski definition) is 2. The van der Waals surface area contributed by atoms with Crippen LogP contribution in [-0.4, -0.2) is 31.1 Å². The molecule has 0 spiro atoms. The lowest BCUT2D eigenvalue weighted by Crippen LogP contribution is -1.96. The number of oxime groups is 1. The summed E-state index contributed by atoms with van der Waals surface area (Å²) in [7, 11) is -3.23. The summed E-state index contributed by atoms with van der Waals surface area (Å²) in [5, 5.41) is 13.1. The van der Waals surface area contributed by atoms with Gasteiger partial charge in [-0.1, -0.05) is 28.9 Å². The van der Waals surface area contributed by atoms with Gasteiger partial charge in [-0.3, -0.25) is 0 Å². The molecular weight excluding hydrogens is 312 g/mol. The summed E-state index contributed by atoms with van der Waals surface area (Å²) in [6.07, 6.45) is 2.57. The predicted molar refractivity (Wildman–Crippen MR) is 91.0 cm³/mol. The predicted octanol–water partition coefficient (Wildman–Crippen LogP) is 3.35. The number of nitrogens with zero attached hydrogens (tertiary/aromatic N) is 1. The normalized spacial score (nSPS) is 12.3. The van der Waals surface area contributed by atoms with Crippen LogP contribution in [0.5, 0.6) is 0 Å². The van der Waals surface area contributed by atoms with Gasteiger partial charge >= 0.3 is 0 Å². The van der Waals surface area contributed by atoms with Crippen molar-refractivity contribution in [3.05, 3.63) is 53.6 Å². The van der Waals surface area contributed by atoms with Gasteiger partial charge in [-0.15, -0.1) is 0 Å². The quantitative estimate of drug-likeness (QED) is 0.439. The van der Waals surface area contributed by atoms with Crippen LogP contribution >= 0.6 is 0 Å². The fraction of sp³-hybridized carbons (Fsp3) is 0.118. The van der Waals surface area contributed by atoms with Crippen molar-refractivity contribution in [1.29, 1.82) is 0 Å².